The van der Waals surface area contributed by atoms with Crippen molar-refractivity contribution in [3.05, 3.63) is 41.3 Å². The van der Waals surface area contributed by atoms with Crippen molar-refractivity contribution >= 4 is 27.9 Å². The second-order valence-electron chi connectivity index (χ2n) is 5.51. The molecule has 1 aromatic carbocycles. The van der Waals surface area contributed by atoms with E-state index in [2.05, 4.69) is 10.6 Å². The quantitative estimate of drug-likeness (QED) is 0.714. The van der Waals surface area contributed by atoms with Crippen LogP contribution in [0.4, 0.5) is 0 Å². The Balaban J connectivity index is 2.53. The minimum atomic E-state index is -3.72. The molecule has 0 fully saturated rings. The number of benzene rings is 1. The summed E-state index contributed by atoms with van der Waals surface area (Å²) < 4.78 is 25.1. The number of hydrogen-bond donors (Lipinski definition) is 2. The van der Waals surface area contributed by atoms with E-state index in [4.69, 9.17) is 0 Å². The Hall–Kier alpha value is -2.19. The standard InChI is InChI=1S/C16H23N3O4S/c1-13(2)18-15(20)11-17-16(21)12-19(3)24(22,23)10-9-14-7-5-4-6-8-14/h4-10,13H,11-12H2,1-3H3,(H,17,21)(H,18,20)/b10-9+. The lowest BCUT2D eigenvalue weighted by Crippen LogP contribution is -2.43. The predicted octanol–water partition coefficient (Wildman–Crippen LogP) is 0.560. The largest absolute Gasteiger partial charge is 0.352 e. The first-order chi connectivity index (χ1) is 11.2. The number of amides is 2. The van der Waals surface area contributed by atoms with Crippen molar-refractivity contribution in [1.82, 2.24) is 14.9 Å². The summed E-state index contributed by atoms with van der Waals surface area (Å²) in [6, 6.07) is 8.94. The van der Waals surface area contributed by atoms with Gasteiger partial charge in [0, 0.05) is 18.5 Å². The van der Waals surface area contributed by atoms with E-state index in [-0.39, 0.29) is 25.0 Å². The monoisotopic (exact) mass is 353 g/mol. The molecule has 0 aliphatic heterocycles. The molecule has 24 heavy (non-hydrogen) atoms. The summed E-state index contributed by atoms with van der Waals surface area (Å²) in [6.45, 7) is 3.06. The van der Waals surface area contributed by atoms with Crippen LogP contribution in [-0.2, 0) is 19.6 Å². The zero-order valence-electron chi connectivity index (χ0n) is 14.0. The highest BCUT2D eigenvalue weighted by molar-refractivity contribution is 7.92. The number of sulfonamides is 1. The van der Waals surface area contributed by atoms with Gasteiger partial charge in [0.2, 0.25) is 21.8 Å². The number of likely N-dealkylation sites (N-methyl/N-ethyl adjacent to an activating group) is 1. The maximum absolute atomic E-state index is 12.1. The van der Waals surface area contributed by atoms with Crippen LogP contribution in [0.3, 0.4) is 0 Å². The number of rotatable bonds is 8. The number of hydrogen-bond acceptors (Lipinski definition) is 4. The Kier molecular flexibility index (Phi) is 7.60. The third-order valence-corrected chi connectivity index (χ3v) is 4.41. The fourth-order valence-electron chi connectivity index (χ4n) is 1.73. The van der Waals surface area contributed by atoms with Crippen molar-refractivity contribution in [2.45, 2.75) is 19.9 Å². The Bertz CT molecular complexity index is 685. The summed E-state index contributed by atoms with van der Waals surface area (Å²) in [5.74, 6) is -0.874. The molecule has 2 N–H and O–H groups in total. The Morgan fingerprint density at radius 3 is 2.38 bits per heavy atom. The Morgan fingerprint density at radius 2 is 1.79 bits per heavy atom. The highest BCUT2D eigenvalue weighted by Gasteiger charge is 2.18. The first kappa shape index (κ1) is 19.9. The van der Waals surface area contributed by atoms with E-state index in [9.17, 15) is 18.0 Å². The normalized spacial score (nSPS) is 11.9. The fraction of sp³-hybridized carbons (Fsp3) is 0.375. The topological polar surface area (TPSA) is 95.6 Å². The molecular formula is C16H23N3O4S. The maximum Gasteiger partial charge on any atom is 0.239 e. The lowest BCUT2D eigenvalue weighted by Gasteiger charge is -2.14. The predicted molar refractivity (Wildman–Crippen MR) is 93.3 cm³/mol. The van der Waals surface area contributed by atoms with Crippen molar-refractivity contribution in [3.8, 4) is 0 Å². The van der Waals surface area contributed by atoms with Crippen LogP contribution in [0.2, 0.25) is 0 Å². The second-order valence-corrected chi connectivity index (χ2v) is 7.44. The van der Waals surface area contributed by atoms with Gasteiger partial charge in [-0.1, -0.05) is 30.3 Å². The van der Waals surface area contributed by atoms with Crippen LogP contribution in [-0.4, -0.2) is 50.7 Å². The molecule has 8 heteroatoms. The summed E-state index contributed by atoms with van der Waals surface area (Å²) in [4.78, 5) is 23.2. The van der Waals surface area contributed by atoms with E-state index in [0.717, 1.165) is 15.3 Å². The van der Waals surface area contributed by atoms with Gasteiger partial charge in [-0.2, -0.15) is 4.31 Å². The molecule has 2 amide bonds. The molecule has 7 nitrogen and oxygen atoms in total. The smallest absolute Gasteiger partial charge is 0.239 e. The van der Waals surface area contributed by atoms with Crippen molar-refractivity contribution in [3.63, 3.8) is 0 Å². The van der Waals surface area contributed by atoms with Crippen LogP contribution in [0.25, 0.3) is 6.08 Å². The summed E-state index contributed by atoms with van der Waals surface area (Å²) in [5, 5.41) is 6.05. The molecule has 0 heterocycles. The maximum atomic E-state index is 12.1. The molecule has 0 aliphatic rings. The van der Waals surface area contributed by atoms with Crippen LogP contribution in [0.5, 0.6) is 0 Å². The molecule has 0 aromatic heterocycles. The van der Waals surface area contributed by atoms with E-state index in [1.54, 1.807) is 38.1 Å². The van der Waals surface area contributed by atoms with Gasteiger partial charge in [0.05, 0.1) is 13.1 Å². The van der Waals surface area contributed by atoms with Crippen LogP contribution >= 0.6 is 0 Å². The third kappa shape index (κ3) is 7.38. The molecular weight excluding hydrogens is 330 g/mol. The number of nitrogens with one attached hydrogen (secondary N) is 2. The zero-order valence-corrected chi connectivity index (χ0v) is 14.8. The van der Waals surface area contributed by atoms with Crippen molar-refractivity contribution in [2.24, 2.45) is 0 Å². The van der Waals surface area contributed by atoms with E-state index < -0.39 is 15.9 Å². The first-order valence-corrected chi connectivity index (χ1v) is 8.96. The van der Waals surface area contributed by atoms with E-state index >= 15 is 0 Å². The van der Waals surface area contributed by atoms with Gasteiger partial charge in [0.25, 0.3) is 0 Å². The van der Waals surface area contributed by atoms with Gasteiger partial charge in [-0.25, -0.2) is 8.42 Å². The molecule has 0 bridgehead atoms. The van der Waals surface area contributed by atoms with E-state index in [1.807, 2.05) is 6.07 Å². The minimum Gasteiger partial charge on any atom is -0.352 e. The molecule has 1 aromatic rings. The zero-order chi connectivity index (χ0) is 18.2. The molecule has 0 radical (unpaired) electrons. The van der Waals surface area contributed by atoms with Gasteiger partial charge in [0.15, 0.2) is 0 Å². The molecule has 132 valence electrons. The minimum absolute atomic E-state index is 0.0272. The molecule has 0 spiro atoms. The summed E-state index contributed by atoms with van der Waals surface area (Å²) in [6.07, 6.45) is 1.46. The SMILES string of the molecule is CC(C)NC(=O)CNC(=O)CN(C)S(=O)(=O)/C=C/c1ccccc1. The molecule has 0 aliphatic carbocycles. The van der Waals surface area contributed by atoms with Crippen LogP contribution in [0.1, 0.15) is 19.4 Å². The lowest BCUT2D eigenvalue weighted by molar-refractivity contribution is -0.126. The first-order valence-electron chi connectivity index (χ1n) is 7.46. The van der Waals surface area contributed by atoms with Gasteiger partial charge in [0.1, 0.15) is 0 Å². The number of carbonyl (C=O) groups is 2. The van der Waals surface area contributed by atoms with Crippen molar-refractivity contribution in [1.29, 1.82) is 0 Å². The summed E-state index contributed by atoms with van der Waals surface area (Å²) in [5.41, 5.74) is 0.740. The molecule has 0 saturated carbocycles. The average molecular weight is 353 g/mol. The Labute approximate surface area is 142 Å². The Morgan fingerprint density at radius 1 is 1.17 bits per heavy atom. The van der Waals surface area contributed by atoms with Gasteiger partial charge in [-0.05, 0) is 25.5 Å². The van der Waals surface area contributed by atoms with E-state index in [1.165, 1.54) is 13.1 Å². The van der Waals surface area contributed by atoms with Crippen LogP contribution in [0, 0.1) is 0 Å². The van der Waals surface area contributed by atoms with Crippen molar-refractivity contribution in [2.75, 3.05) is 20.1 Å². The molecule has 0 unspecified atom stereocenters. The highest BCUT2D eigenvalue weighted by Crippen LogP contribution is 2.06. The molecule has 1 rings (SSSR count). The molecule has 0 atom stereocenters. The lowest BCUT2D eigenvalue weighted by atomic mass is 10.2. The average Bonchev–Trinajstić information content (AvgIpc) is 2.51. The summed E-state index contributed by atoms with van der Waals surface area (Å²) >= 11 is 0. The third-order valence-electron chi connectivity index (χ3n) is 2.93. The van der Waals surface area contributed by atoms with Gasteiger partial charge in [-0.15, -0.1) is 0 Å². The van der Waals surface area contributed by atoms with Gasteiger partial charge in [-0.3, -0.25) is 9.59 Å². The fourth-order valence-corrected chi connectivity index (χ4v) is 2.57. The van der Waals surface area contributed by atoms with Crippen LogP contribution in [0.15, 0.2) is 35.7 Å². The highest BCUT2D eigenvalue weighted by atomic mass is 32.2. The molecule has 0 saturated heterocycles. The number of carbonyl (C=O) groups excluding carboxylic acids is 2. The number of nitrogens with zero attached hydrogens (tertiary/aromatic N) is 1. The van der Waals surface area contributed by atoms with Gasteiger partial charge >= 0.3 is 0 Å². The summed E-state index contributed by atoms with van der Waals surface area (Å²) in [7, 11) is -2.42. The van der Waals surface area contributed by atoms with E-state index in [0.29, 0.717) is 0 Å². The van der Waals surface area contributed by atoms with Gasteiger partial charge < -0.3 is 10.6 Å². The van der Waals surface area contributed by atoms with Crippen molar-refractivity contribution < 1.29 is 18.0 Å². The second kappa shape index (κ2) is 9.19. The van der Waals surface area contributed by atoms with Crippen LogP contribution < -0.4 is 10.6 Å².